The summed E-state index contributed by atoms with van der Waals surface area (Å²) < 4.78 is 13.0. The minimum absolute atomic E-state index is 0.0220. The topological polar surface area (TPSA) is 46.2 Å². The van der Waals surface area contributed by atoms with E-state index in [-0.39, 0.29) is 23.3 Å². The summed E-state index contributed by atoms with van der Waals surface area (Å²) in [6, 6.07) is 2.63. The molecule has 2 nitrogen and oxygen atoms in total. The maximum Gasteiger partial charge on any atom is 0.129 e. The molecule has 1 atom stereocenters. The summed E-state index contributed by atoms with van der Waals surface area (Å²) in [5.74, 6) is -0.209. The molecule has 0 amide bonds. The Morgan fingerprint density at radius 3 is 2.43 bits per heavy atom. The highest BCUT2D eigenvalue weighted by molar-refractivity contribution is 5.42. The minimum atomic E-state index is -0.401. The summed E-state index contributed by atoms with van der Waals surface area (Å²) in [5, 5.41) is 9.68. The summed E-state index contributed by atoms with van der Waals surface area (Å²) in [6.07, 6.45) is 0. The largest absolute Gasteiger partial charge is 0.507 e. The summed E-state index contributed by atoms with van der Waals surface area (Å²) in [7, 11) is 0. The van der Waals surface area contributed by atoms with Gasteiger partial charge in [-0.1, -0.05) is 19.9 Å². The Bertz CT molecular complexity index is 336. The maximum absolute atomic E-state index is 13.0. The van der Waals surface area contributed by atoms with Crippen LogP contribution in [0.25, 0.3) is 0 Å². The molecule has 0 aliphatic heterocycles. The van der Waals surface area contributed by atoms with Crippen LogP contribution in [0.4, 0.5) is 4.39 Å². The lowest BCUT2D eigenvalue weighted by Crippen LogP contribution is -2.17. The van der Waals surface area contributed by atoms with Crippen molar-refractivity contribution in [1.82, 2.24) is 0 Å². The van der Waals surface area contributed by atoms with E-state index < -0.39 is 5.82 Å². The molecule has 0 aliphatic rings. The van der Waals surface area contributed by atoms with E-state index in [0.29, 0.717) is 5.56 Å². The lowest BCUT2D eigenvalue weighted by Gasteiger charge is -2.18. The molecule has 0 spiro atoms. The van der Waals surface area contributed by atoms with Crippen LogP contribution in [0.15, 0.2) is 12.1 Å². The van der Waals surface area contributed by atoms with Crippen molar-refractivity contribution in [2.75, 3.05) is 0 Å². The minimum Gasteiger partial charge on any atom is -0.507 e. The third-order valence-electron chi connectivity index (χ3n) is 2.47. The molecule has 0 fully saturated rings. The second-order valence-electron chi connectivity index (χ2n) is 3.88. The van der Waals surface area contributed by atoms with Crippen LogP contribution in [-0.4, -0.2) is 5.11 Å². The second-order valence-corrected chi connectivity index (χ2v) is 3.88. The van der Waals surface area contributed by atoms with Crippen LogP contribution in [0.2, 0.25) is 0 Å². The van der Waals surface area contributed by atoms with E-state index in [0.717, 1.165) is 0 Å². The van der Waals surface area contributed by atoms with Crippen LogP contribution in [-0.2, 0) is 0 Å². The monoisotopic (exact) mass is 197 g/mol. The number of rotatable bonds is 2. The van der Waals surface area contributed by atoms with Gasteiger partial charge >= 0.3 is 0 Å². The molecule has 0 aliphatic carbocycles. The van der Waals surface area contributed by atoms with Gasteiger partial charge in [-0.3, -0.25) is 0 Å². The second kappa shape index (κ2) is 3.96. The zero-order valence-corrected chi connectivity index (χ0v) is 8.71. The van der Waals surface area contributed by atoms with Gasteiger partial charge in [0.05, 0.1) is 0 Å². The van der Waals surface area contributed by atoms with E-state index in [1.807, 2.05) is 13.8 Å². The van der Waals surface area contributed by atoms with Crippen LogP contribution < -0.4 is 5.73 Å². The quantitative estimate of drug-likeness (QED) is 0.765. The molecule has 0 heterocycles. The van der Waals surface area contributed by atoms with Gasteiger partial charge in [0.15, 0.2) is 0 Å². The predicted molar refractivity (Wildman–Crippen MR) is 54.6 cm³/mol. The first-order valence-electron chi connectivity index (χ1n) is 4.68. The Kier molecular flexibility index (Phi) is 3.11. The number of phenols is 1. The van der Waals surface area contributed by atoms with Crippen molar-refractivity contribution in [3.05, 3.63) is 29.1 Å². The molecule has 1 rings (SSSR count). The fraction of sp³-hybridized carbons (Fsp3) is 0.455. The van der Waals surface area contributed by atoms with Gasteiger partial charge in [0.2, 0.25) is 0 Å². The molecule has 0 bridgehead atoms. The average Bonchev–Trinajstić information content (AvgIpc) is 2.13. The van der Waals surface area contributed by atoms with Gasteiger partial charge in [-0.15, -0.1) is 0 Å². The molecule has 3 N–H and O–H groups in total. The van der Waals surface area contributed by atoms with Gasteiger partial charge in [-0.2, -0.15) is 0 Å². The number of hydrogen-bond donors (Lipinski definition) is 2. The number of nitrogens with two attached hydrogens (primary N) is 1. The standard InChI is InChI=1S/C11H16FNO/c1-6(2)10(13)8-4-5-9(12)7(3)11(8)14/h4-6,10,14H,13H2,1-3H3/t10-/m0/s1. The van der Waals surface area contributed by atoms with E-state index in [4.69, 9.17) is 5.73 Å². The molecule has 3 heteroatoms. The van der Waals surface area contributed by atoms with Crippen LogP contribution in [0.1, 0.15) is 31.0 Å². The smallest absolute Gasteiger partial charge is 0.129 e. The van der Waals surface area contributed by atoms with E-state index in [1.54, 1.807) is 13.0 Å². The van der Waals surface area contributed by atoms with E-state index in [1.165, 1.54) is 6.07 Å². The molecule has 1 aromatic carbocycles. The lowest BCUT2D eigenvalue weighted by molar-refractivity contribution is 0.430. The highest BCUT2D eigenvalue weighted by Gasteiger charge is 2.17. The van der Waals surface area contributed by atoms with Gasteiger partial charge in [0, 0.05) is 17.2 Å². The van der Waals surface area contributed by atoms with Gasteiger partial charge in [-0.25, -0.2) is 4.39 Å². The number of halogens is 1. The molecule has 0 aromatic heterocycles. The average molecular weight is 197 g/mol. The molecule has 1 aromatic rings. The fourth-order valence-corrected chi connectivity index (χ4v) is 1.32. The fourth-order valence-electron chi connectivity index (χ4n) is 1.32. The van der Waals surface area contributed by atoms with Crippen LogP contribution in [0.5, 0.6) is 5.75 Å². The SMILES string of the molecule is Cc1c(F)ccc([C@@H](N)C(C)C)c1O. The van der Waals surface area contributed by atoms with Gasteiger partial charge in [-0.05, 0) is 18.9 Å². The third-order valence-corrected chi connectivity index (χ3v) is 2.47. The Morgan fingerprint density at radius 1 is 1.36 bits per heavy atom. The molecule has 14 heavy (non-hydrogen) atoms. The highest BCUT2D eigenvalue weighted by Crippen LogP contribution is 2.31. The Labute approximate surface area is 83.6 Å². The number of benzene rings is 1. The lowest BCUT2D eigenvalue weighted by atomic mass is 9.94. The molecule has 0 radical (unpaired) electrons. The van der Waals surface area contributed by atoms with E-state index in [9.17, 15) is 9.50 Å². The Balaban J connectivity index is 3.17. The van der Waals surface area contributed by atoms with Gasteiger partial charge in [0.1, 0.15) is 11.6 Å². The zero-order valence-electron chi connectivity index (χ0n) is 8.71. The first kappa shape index (κ1) is 11.0. The van der Waals surface area contributed by atoms with Crippen molar-refractivity contribution in [2.24, 2.45) is 11.7 Å². The van der Waals surface area contributed by atoms with Crippen molar-refractivity contribution in [1.29, 1.82) is 0 Å². The van der Waals surface area contributed by atoms with Gasteiger partial charge in [0.25, 0.3) is 0 Å². The van der Waals surface area contributed by atoms with Crippen LogP contribution >= 0.6 is 0 Å². The van der Waals surface area contributed by atoms with Crippen molar-refractivity contribution in [3.8, 4) is 5.75 Å². The van der Waals surface area contributed by atoms with Crippen molar-refractivity contribution in [2.45, 2.75) is 26.8 Å². The van der Waals surface area contributed by atoms with Crippen LogP contribution in [0.3, 0.4) is 0 Å². The molecule has 0 unspecified atom stereocenters. The summed E-state index contributed by atoms with van der Waals surface area (Å²) in [4.78, 5) is 0. The van der Waals surface area contributed by atoms with Crippen molar-refractivity contribution >= 4 is 0 Å². The molecule has 78 valence electrons. The summed E-state index contributed by atoms with van der Waals surface area (Å²) >= 11 is 0. The number of aromatic hydroxyl groups is 1. The Morgan fingerprint density at radius 2 is 1.93 bits per heavy atom. The molecule has 0 saturated heterocycles. The predicted octanol–water partition coefficient (Wildman–Crippen LogP) is 2.50. The van der Waals surface area contributed by atoms with Crippen LogP contribution in [0, 0.1) is 18.7 Å². The van der Waals surface area contributed by atoms with Crippen molar-refractivity contribution < 1.29 is 9.50 Å². The molecular formula is C11H16FNO. The first-order chi connectivity index (χ1) is 6.45. The molecular weight excluding hydrogens is 181 g/mol. The number of phenolic OH excluding ortho intramolecular Hbond substituents is 1. The first-order valence-corrected chi connectivity index (χ1v) is 4.68. The Hall–Kier alpha value is -1.09. The third kappa shape index (κ3) is 1.87. The highest BCUT2D eigenvalue weighted by atomic mass is 19.1. The number of hydrogen-bond acceptors (Lipinski definition) is 2. The van der Waals surface area contributed by atoms with Crippen molar-refractivity contribution in [3.63, 3.8) is 0 Å². The van der Waals surface area contributed by atoms with E-state index in [2.05, 4.69) is 0 Å². The maximum atomic E-state index is 13.0. The van der Waals surface area contributed by atoms with Gasteiger partial charge < -0.3 is 10.8 Å². The molecule has 0 saturated carbocycles. The zero-order chi connectivity index (χ0) is 10.9. The normalized spacial score (nSPS) is 13.3. The summed E-state index contributed by atoms with van der Waals surface area (Å²) in [5.41, 5.74) is 6.75. The van der Waals surface area contributed by atoms with E-state index >= 15 is 0 Å². The summed E-state index contributed by atoms with van der Waals surface area (Å²) in [6.45, 7) is 5.47.